The van der Waals surface area contributed by atoms with Gasteiger partial charge in [0.2, 0.25) is 0 Å². The van der Waals surface area contributed by atoms with Gasteiger partial charge in [-0.25, -0.2) is 4.79 Å². The molecule has 0 aliphatic rings. The molecular weight excluding hydrogens is 382 g/mol. The third-order valence-corrected chi connectivity index (χ3v) is 4.53. The van der Waals surface area contributed by atoms with Gasteiger partial charge >= 0.3 is 5.97 Å². The molecular formula is C24H23NO5. The van der Waals surface area contributed by atoms with Crippen molar-refractivity contribution in [1.29, 1.82) is 0 Å². The van der Waals surface area contributed by atoms with Crippen LogP contribution in [0.25, 0.3) is 11.1 Å². The number of nitrogens with one attached hydrogen (secondary N) is 1. The Labute approximate surface area is 175 Å². The van der Waals surface area contributed by atoms with Gasteiger partial charge in [-0.2, -0.15) is 0 Å². The van der Waals surface area contributed by atoms with E-state index in [0.717, 1.165) is 0 Å². The molecule has 154 valence electrons. The zero-order chi connectivity index (χ0) is 21.5. The Morgan fingerprint density at radius 2 is 1.53 bits per heavy atom. The van der Waals surface area contributed by atoms with Crippen LogP contribution in [0.3, 0.4) is 0 Å². The first-order valence-corrected chi connectivity index (χ1v) is 9.48. The zero-order valence-electron chi connectivity index (χ0n) is 17.1. The van der Waals surface area contributed by atoms with E-state index in [-0.39, 0.29) is 12.5 Å². The van der Waals surface area contributed by atoms with E-state index in [4.69, 9.17) is 14.2 Å². The number of rotatable bonds is 7. The minimum absolute atomic E-state index is 0.261. The lowest BCUT2D eigenvalue weighted by atomic mass is 9.97. The minimum Gasteiger partial charge on any atom is -0.493 e. The van der Waals surface area contributed by atoms with Crippen LogP contribution in [0.1, 0.15) is 27.6 Å². The number of carbonyl (C=O) groups is 2. The van der Waals surface area contributed by atoms with Gasteiger partial charge in [-0.3, -0.25) is 4.79 Å². The second kappa shape index (κ2) is 9.60. The molecule has 0 unspecified atom stereocenters. The van der Waals surface area contributed by atoms with Crippen LogP contribution in [0.2, 0.25) is 0 Å². The van der Waals surface area contributed by atoms with Gasteiger partial charge in [0, 0.05) is 11.1 Å². The van der Waals surface area contributed by atoms with Crippen molar-refractivity contribution in [3.05, 3.63) is 77.9 Å². The molecule has 3 rings (SSSR count). The SMILES string of the molecule is CCOC(=O)c1ccccc1-c1ccc(OC)c(OC)c1NC(=O)c1ccccc1. The molecule has 0 bridgehead atoms. The molecule has 0 fully saturated rings. The summed E-state index contributed by atoms with van der Waals surface area (Å²) in [5.41, 5.74) is 2.51. The fourth-order valence-corrected chi connectivity index (χ4v) is 3.16. The van der Waals surface area contributed by atoms with Gasteiger partial charge in [0.25, 0.3) is 5.91 Å². The molecule has 3 aromatic rings. The maximum absolute atomic E-state index is 12.9. The van der Waals surface area contributed by atoms with Crippen LogP contribution in [0, 0.1) is 0 Å². The number of hydrogen-bond acceptors (Lipinski definition) is 5. The van der Waals surface area contributed by atoms with Crippen molar-refractivity contribution >= 4 is 17.6 Å². The minimum atomic E-state index is -0.441. The quantitative estimate of drug-likeness (QED) is 0.572. The molecule has 0 heterocycles. The Morgan fingerprint density at radius 1 is 0.833 bits per heavy atom. The highest BCUT2D eigenvalue weighted by atomic mass is 16.5. The predicted octanol–water partition coefficient (Wildman–Crippen LogP) is 4.80. The Hall–Kier alpha value is -3.80. The van der Waals surface area contributed by atoms with Crippen LogP contribution < -0.4 is 14.8 Å². The summed E-state index contributed by atoms with van der Waals surface area (Å²) in [6.45, 7) is 2.01. The van der Waals surface area contributed by atoms with E-state index in [1.165, 1.54) is 14.2 Å². The number of methoxy groups -OCH3 is 2. The van der Waals surface area contributed by atoms with Crippen molar-refractivity contribution in [1.82, 2.24) is 0 Å². The number of anilines is 1. The number of amides is 1. The Balaban J connectivity index is 2.17. The summed E-state index contributed by atoms with van der Waals surface area (Å²) in [6, 6.07) is 19.4. The molecule has 0 saturated heterocycles. The molecule has 0 aromatic heterocycles. The van der Waals surface area contributed by atoms with E-state index in [9.17, 15) is 9.59 Å². The lowest BCUT2D eigenvalue weighted by molar-refractivity contribution is 0.0527. The molecule has 0 spiro atoms. The molecule has 6 nitrogen and oxygen atoms in total. The van der Waals surface area contributed by atoms with Crippen LogP contribution in [0.5, 0.6) is 11.5 Å². The zero-order valence-corrected chi connectivity index (χ0v) is 17.1. The number of hydrogen-bond donors (Lipinski definition) is 1. The third-order valence-electron chi connectivity index (χ3n) is 4.53. The lowest BCUT2D eigenvalue weighted by Crippen LogP contribution is -2.14. The topological polar surface area (TPSA) is 73.9 Å². The summed E-state index contributed by atoms with van der Waals surface area (Å²) in [5, 5.41) is 2.92. The molecule has 1 N–H and O–H groups in total. The van der Waals surface area contributed by atoms with E-state index in [2.05, 4.69) is 5.32 Å². The number of benzene rings is 3. The van der Waals surface area contributed by atoms with Crippen molar-refractivity contribution < 1.29 is 23.8 Å². The molecule has 30 heavy (non-hydrogen) atoms. The first kappa shape index (κ1) is 20.9. The summed E-state index contributed by atoms with van der Waals surface area (Å²) in [5.74, 6) is 0.0661. The first-order chi connectivity index (χ1) is 14.6. The van der Waals surface area contributed by atoms with Gasteiger partial charge in [-0.05, 0) is 42.8 Å². The number of carbonyl (C=O) groups excluding carboxylic acids is 2. The summed E-state index contributed by atoms with van der Waals surface area (Å²) in [6.07, 6.45) is 0. The molecule has 1 amide bonds. The Morgan fingerprint density at radius 3 is 2.20 bits per heavy atom. The molecule has 0 atom stereocenters. The Kier molecular flexibility index (Phi) is 6.70. The van der Waals surface area contributed by atoms with Crippen molar-refractivity contribution in [2.45, 2.75) is 6.92 Å². The molecule has 6 heteroatoms. The van der Waals surface area contributed by atoms with Gasteiger partial charge in [-0.1, -0.05) is 36.4 Å². The van der Waals surface area contributed by atoms with Crippen LogP contribution in [0.15, 0.2) is 66.7 Å². The van der Waals surface area contributed by atoms with Crippen molar-refractivity contribution in [3.63, 3.8) is 0 Å². The van der Waals surface area contributed by atoms with Crippen molar-refractivity contribution in [2.24, 2.45) is 0 Å². The van der Waals surface area contributed by atoms with Crippen LogP contribution in [-0.2, 0) is 4.74 Å². The number of ether oxygens (including phenoxy) is 3. The normalized spacial score (nSPS) is 10.2. The van der Waals surface area contributed by atoms with Crippen LogP contribution in [0.4, 0.5) is 5.69 Å². The predicted molar refractivity (Wildman–Crippen MR) is 115 cm³/mol. The summed E-state index contributed by atoms with van der Waals surface area (Å²) >= 11 is 0. The standard InChI is InChI=1S/C24H23NO5/c1-4-30-24(27)19-13-9-8-12-17(19)18-14-15-20(28-2)22(29-3)21(18)25-23(26)16-10-6-5-7-11-16/h5-15H,4H2,1-3H3,(H,25,26). The van der Waals surface area contributed by atoms with Crippen LogP contribution >= 0.6 is 0 Å². The highest BCUT2D eigenvalue weighted by Crippen LogP contribution is 2.43. The highest BCUT2D eigenvalue weighted by molar-refractivity contribution is 6.09. The molecule has 3 aromatic carbocycles. The van der Waals surface area contributed by atoms with Gasteiger partial charge in [0.05, 0.1) is 32.1 Å². The van der Waals surface area contributed by atoms with Crippen LogP contribution in [-0.4, -0.2) is 32.7 Å². The molecule has 0 saturated carbocycles. The lowest BCUT2D eigenvalue weighted by Gasteiger charge is -2.19. The van der Waals surface area contributed by atoms with Gasteiger partial charge in [-0.15, -0.1) is 0 Å². The maximum Gasteiger partial charge on any atom is 0.338 e. The second-order valence-electron chi connectivity index (χ2n) is 6.31. The summed E-state index contributed by atoms with van der Waals surface area (Å²) < 4.78 is 16.2. The number of esters is 1. The largest absolute Gasteiger partial charge is 0.493 e. The smallest absolute Gasteiger partial charge is 0.338 e. The van der Waals surface area contributed by atoms with Crippen molar-refractivity contribution in [2.75, 3.05) is 26.1 Å². The monoisotopic (exact) mass is 405 g/mol. The van der Waals surface area contributed by atoms with E-state index in [1.807, 2.05) is 12.1 Å². The average molecular weight is 405 g/mol. The van der Waals surface area contributed by atoms with E-state index >= 15 is 0 Å². The highest BCUT2D eigenvalue weighted by Gasteiger charge is 2.22. The van der Waals surface area contributed by atoms with Gasteiger partial charge < -0.3 is 19.5 Å². The Bertz CT molecular complexity index is 1050. The fourth-order valence-electron chi connectivity index (χ4n) is 3.16. The maximum atomic E-state index is 12.9. The van der Waals surface area contributed by atoms with Gasteiger partial charge in [0.15, 0.2) is 11.5 Å². The summed E-state index contributed by atoms with van der Waals surface area (Å²) in [7, 11) is 3.02. The second-order valence-corrected chi connectivity index (χ2v) is 6.31. The third kappa shape index (κ3) is 4.27. The average Bonchev–Trinajstić information content (AvgIpc) is 2.79. The van der Waals surface area contributed by atoms with E-state index < -0.39 is 5.97 Å². The first-order valence-electron chi connectivity index (χ1n) is 9.48. The van der Waals surface area contributed by atoms with E-state index in [1.54, 1.807) is 61.5 Å². The fraction of sp³-hybridized carbons (Fsp3) is 0.167. The summed E-state index contributed by atoms with van der Waals surface area (Å²) in [4.78, 5) is 25.4. The molecule has 0 aliphatic heterocycles. The van der Waals surface area contributed by atoms with Crippen molar-refractivity contribution in [3.8, 4) is 22.6 Å². The molecule has 0 radical (unpaired) electrons. The van der Waals surface area contributed by atoms with Gasteiger partial charge in [0.1, 0.15) is 0 Å². The molecule has 0 aliphatic carbocycles. The van der Waals surface area contributed by atoms with E-state index in [0.29, 0.717) is 39.4 Å².